The van der Waals surface area contributed by atoms with Gasteiger partial charge in [0, 0.05) is 19.3 Å². The maximum Gasteiger partial charge on any atom is 0.306 e. The third kappa shape index (κ3) is 67.4. The molecular weight excluding hydrogens is 1010 g/mol. The molecule has 1 unspecified atom stereocenters. The molecule has 0 heterocycles. The van der Waals surface area contributed by atoms with Crippen molar-refractivity contribution in [1.82, 2.24) is 0 Å². The van der Waals surface area contributed by atoms with E-state index in [1.807, 2.05) is 0 Å². The first-order valence-electron chi connectivity index (χ1n) is 35.6. The van der Waals surface area contributed by atoms with Gasteiger partial charge in [-0.05, 0) is 116 Å². The zero-order chi connectivity index (χ0) is 59.2. The number of allylic oxidation sites excluding steroid dienone is 14. The molecule has 0 bridgehead atoms. The molecule has 0 saturated carbocycles. The van der Waals surface area contributed by atoms with Crippen LogP contribution in [0.25, 0.3) is 0 Å². The Morgan fingerprint density at radius 3 is 0.780 bits per heavy atom. The van der Waals surface area contributed by atoms with Crippen molar-refractivity contribution in [2.45, 2.75) is 367 Å². The van der Waals surface area contributed by atoms with Gasteiger partial charge in [0.1, 0.15) is 13.2 Å². The van der Waals surface area contributed by atoms with E-state index >= 15 is 0 Å². The lowest BCUT2D eigenvalue weighted by Crippen LogP contribution is -2.30. The molecule has 0 spiro atoms. The summed E-state index contributed by atoms with van der Waals surface area (Å²) in [6.45, 7) is 6.51. The number of esters is 3. The molecule has 6 nitrogen and oxygen atoms in total. The molecule has 0 aliphatic carbocycles. The number of hydrogen-bond donors (Lipinski definition) is 0. The van der Waals surface area contributed by atoms with E-state index in [9.17, 15) is 14.4 Å². The second-order valence-electron chi connectivity index (χ2n) is 23.8. The van der Waals surface area contributed by atoms with Gasteiger partial charge in [0.05, 0.1) is 0 Å². The normalized spacial score (nSPS) is 12.6. The summed E-state index contributed by atoms with van der Waals surface area (Å²) in [7, 11) is 0. The van der Waals surface area contributed by atoms with Crippen molar-refractivity contribution in [2.75, 3.05) is 13.2 Å². The molecule has 0 rings (SSSR count). The molecule has 82 heavy (non-hydrogen) atoms. The van der Waals surface area contributed by atoms with Crippen molar-refractivity contribution in [3.05, 3.63) is 85.1 Å². The average molecular weight is 1140 g/mol. The second-order valence-corrected chi connectivity index (χ2v) is 23.8. The van der Waals surface area contributed by atoms with Crippen LogP contribution in [0.3, 0.4) is 0 Å². The Morgan fingerprint density at radius 1 is 0.256 bits per heavy atom. The van der Waals surface area contributed by atoms with Gasteiger partial charge in [0.15, 0.2) is 6.10 Å². The minimum atomic E-state index is -0.788. The monoisotopic (exact) mass is 1140 g/mol. The molecule has 1 atom stereocenters. The smallest absolute Gasteiger partial charge is 0.306 e. The predicted octanol–water partition coefficient (Wildman–Crippen LogP) is 24.6. The van der Waals surface area contributed by atoms with E-state index < -0.39 is 6.10 Å². The number of carbonyl (C=O) groups is 3. The highest BCUT2D eigenvalue weighted by molar-refractivity contribution is 5.71. The van der Waals surface area contributed by atoms with Crippen molar-refractivity contribution in [3.63, 3.8) is 0 Å². The Labute approximate surface area is 509 Å². The minimum absolute atomic E-state index is 0.0819. The maximum absolute atomic E-state index is 12.9. The Kier molecular flexibility index (Phi) is 67.2. The Balaban J connectivity index is 4.15. The first-order valence-corrected chi connectivity index (χ1v) is 35.6. The van der Waals surface area contributed by atoms with E-state index in [1.54, 1.807) is 0 Å². The summed E-state index contributed by atoms with van der Waals surface area (Å²) in [6, 6.07) is 0. The molecule has 0 amide bonds. The Morgan fingerprint density at radius 2 is 0.476 bits per heavy atom. The molecule has 0 aromatic heterocycles. The fourth-order valence-corrected chi connectivity index (χ4v) is 10.3. The average Bonchev–Trinajstić information content (AvgIpc) is 3.47. The fraction of sp³-hybridized carbons (Fsp3) is 0.776. The Hall–Kier alpha value is -3.41. The molecule has 474 valence electrons. The van der Waals surface area contributed by atoms with Gasteiger partial charge in [-0.3, -0.25) is 14.4 Å². The topological polar surface area (TPSA) is 78.9 Å². The van der Waals surface area contributed by atoms with Crippen LogP contribution in [0.1, 0.15) is 361 Å². The van der Waals surface area contributed by atoms with Crippen molar-refractivity contribution in [3.8, 4) is 0 Å². The van der Waals surface area contributed by atoms with Crippen LogP contribution in [0.5, 0.6) is 0 Å². The Bertz CT molecular complexity index is 1550. The van der Waals surface area contributed by atoms with Crippen LogP contribution in [-0.2, 0) is 28.6 Å². The van der Waals surface area contributed by atoms with Crippen molar-refractivity contribution < 1.29 is 28.6 Å². The summed E-state index contributed by atoms with van der Waals surface area (Å²) >= 11 is 0. The van der Waals surface area contributed by atoms with Crippen LogP contribution in [-0.4, -0.2) is 37.2 Å². The maximum atomic E-state index is 12.9. The van der Waals surface area contributed by atoms with E-state index in [0.717, 1.165) is 109 Å². The van der Waals surface area contributed by atoms with Gasteiger partial charge in [0.25, 0.3) is 0 Å². The van der Waals surface area contributed by atoms with E-state index in [1.165, 1.54) is 212 Å². The molecule has 0 saturated heterocycles. The van der Waals surface area contributed by atoms with Crippen LogP contribution >= 0.6 is 0 Å². The molecule has 0 N–H and O–H groups in total. The molecule has 0 aliphatic heterocycles. The third-order valence-corrected chi connectivity index (χ3v) is 15.6. The number of hydrogen-bond acceptors (Lipinski definition) is 6. The molecule has 0 aromatic carbocycles. The predicted molar refractivity (Wildman–Crippen MR) is 358 cm³/mol. The largest absolute Gasteiger partial charge is 0.462 e. The van der Waals surface area contributed by atoms with E-state index in [2.05, 4.69) is 106 Å². The van der Waals surface area contributed by atoms with E-state index in [4.69, 9.17) is 14.2 Å². The standard InChI is InChI=1S/C76H134O6/c1-4-7-10-13-16-19-22-25-27-29-31-32-33-34-35-36-37-38-39-40-41-42-43-44-46-47-49-51-54-57-60-63-66-69-75(78)81-72-73(71-80-74(77)68-65-62-59-56-53-24-21-18-15-12-9-6-3)82-76(79)70-67-64-61-58-55-52-50-48-45-30-28-26-23-20-17-14-11-8-5-2/h8,11,17-18,20-22,25-26,28-29,31,45,48,73H,4-7,9-10,12-16,19,23-24,27,30,32-44,46-47,49-72H2,1-3H3/b11-8-,20-17-,21-18-,25-22-,28-26-,31-29-,48-45-. The van der Waals surface area contributed by atoms with Gasteiger partial charge in [-0.25, -0.2) is 0 Å². The molecule has 0 aromatic rings. The first kappa shape index (κ1) is 78.6. The van der Waals surface area contributed by atoms with Gasteiger partial charge < -0.3 is 14.2 Å². The highest BCUT2D eigenvalue weighted by Gasteiger charge is 2.19. The summed E-state index contributed by atoms with van der Waals surface area (Å²) in [6.07, 6.45) is 93.4. The lowest BCUT2D eigenvalue weighted by Gasteiger charge is -2.18. The summed E-state index contributed by atoms with van der Waals surface area (Å²) in [5, 5.41) is 0. The lowest BCUT2D eigenvalue weighted by atomic mass is 10.0. The number of carbonyl (C=O) groups excluding carboxylic acids is 3. The van der Waals surface area contributed by atoms with E-state index in [0.29, 0.717) is 19.3 Å². The molecule has 0 aliphatic rings. The molecule has 6 heteroatoms. The summed E-state index contributed by atoms with van der Waals surface area (Å²) in [5.41, 5.74) is 0. The summed E-state index contributed by atoms with van der Waals surface area (Å²) in [4.78, 5) is 38.4. The first-order chi connectivity index (χ1) is 40.5. The van der Waals surface area contributed by atoms with Crippen LogP contribution < -0.4 is 0 Å². The van der Waals surface area contributed by atoms with Crippen LogP contribution in [0.4, 0.5) is 0 Å². The van der Waals surface area contributed by atoms with Gasteiger partial charge >= 0.3 is 17.9 Å². The third-order valence-electron chi connectivity index (χ3n) is 15.6. The van der Waals surface area contributed by atoms with Crippen molar-refractivity contribution in [1.29, 1.82) is 0 Å². The highest BCUT2D eigenvalue weighted by atomic mass is 16.6. The van der Waals surface area contributed by atoms with Gasteiger partial charge in [-0.15, -0.1) is 0 Å². The van der Waals surface area contributed by atoms with Crippen LogP contribution in [0.15, 0.2) is 85.1 Å². The quantitative estimate of drug-likeness (QED) is 0.0261. The van der Waals surface area contributed by atoms with E-state index in [-0.39, 0.29) is 31.1 Å². The van der Waals surface area contributed by atoms with Crippen LogP contribution in [0.2, 0.25) is 0 Å². The van der Waals surface area contributed by atoms with Gasteiger partial charge in [-0.1, -0.05) is 311 Å². The molecule has 0 fully saturated rings. The fourth-order valence-electron chi connectivity index (χ4n) is 10.3. The highest BCUT2D eigenvalue weighted by Crippen LogP contribution is 2.18. The molecule has 0 radical (unpaired) electrons. The summed E-state index contributed by atoms with van der Waals surface area (Å²) in [5.74, 6) is -0.889. The number of rotatable bonds is 65. The SMILES string of the molecule is CC/C=C\C/C=C\C/C=C\C/C=C\CCCCCCCCC(=O)OC(COC(=O)CCCCCCC/C=C\CCCCC)COC(=O)CCCCCCCCCCCCCCCCCCCCCCC/C=C\C/C=C\CCCCCCC. The van der Waals surface area contributed by atoms with Gasteiger partial charge in [0.2, 0.25) is 0 Å². The van der Waals surface area contributed by atoms with Gasteiger partial charge in [-0.2, -0.15) is 0 Å². The number of ether oxygens (including phenoxy) is 3. The van der Waals surface area contributed by atoms with Crippen molar-refractivity contribution in [2.24, 2.45) is 0 Å². The zero-order valence-corrected chi connectivity index (χ0v) is 54.5. The summed E-state index contributed by atoms with van der Waals surface area (Å²) < 4.78 is 16.9. The van der Waals surface area contributed by atoms with Crippen molar-refractivity contribution >= 4 is 17.9 Å². The minimum Gasteiger partial charge on any atom is -0.462 e. The number of unbranched alkanes of at least 4 members (excludes halogenated alkanes) is 40. The molecular formula is C76H134O6. The lowest BCUT2D eigenvalue weighted by molar-refractivity contribution is -0.167. The van der Waals surface area contributed by atoms with Crippen LogP contribution in [0, 0.1) is 0 Å². The zero-order valence-electron chi connectivity index (χ0n) is 54.5. The second kappa shape index (κ2) is 70.1.